The fourth-order valence-electron chi connectivity index (χ4n) is 4.75. The highest BCUT2D eigenvalue weighted by Crippen LogP contribution is 2.22. The number of sulfonamides is 1. The summed E-state index contributed by atoms with van der Waals surface area (Å²) in [6, 6.07) is 13.9. The molecule has 0 bridgehead atoms. The lowest BCUT2D eigenvalue weighted by Gasteiger charge is -2.30. The molecule has 2 heterocycles. The molecule has 2 aliphatic heterocycles. The van der Waals surface area contributed by atoms with Crippen LogP contribution in [0.5, 0.6) is 0 Å². The normalized spacial score (nSPS) is 18.6. The van der Waals surface area contributed by atoms with Crippen molar-refractivity contribution in [3.63, 3.8) is 0 Å². The zero-order chi connectivity index (χ0) is 24.0. The highest BCUT2D eigenvalue weighted by molar-refractivity contribution is 7.88. The van der Waals surface area contributed by atoms with E-state index in [0.29, 0.717) is 38.0 Å². The summed E-state index contributed by atoms with van der Waals surface area (Å²) in [6.07, 6.45) is 4.90. The first-order valence-corrected chi connectivity index (χ1v) is 13.8. The van der Waals surface area contributed by atoms with Gasteiger partial charge in [-0.05, 0) is 67.6 Å². The molecule has 2 aliphatic rings. The van der Waals surface area contributed by atoms with Gasteiger partial charge >= 0.3 is 0 Å². The standard InChI is InChI=1S/C26H34FN3O3S/c27-25-10-8-23(9-11-25)20-34(32,33)30-16-12-24(13-17-30)26(31)28-18-21-4-6-22(7-5-21)19-29-14-2-1-3-15-29/h4-11,24H,1-3,12-20H2,(H,28,31). The molecule has 0 unspecified atom stereocenters. The van der Waals surface area contributed by atoms with Crippen LogP contribution in [0.15, 0.2) is 48.5 Å². The zero-order valence-electron chi connectivity index (χ0n) is 19.6. The van der Waals surface area contributed by atoms with Crippen LogP contribution in [0, 0.1) is 11.7 Å². The average molecular weight is 488 g/mol. The first kappa shape index (κ1) is 24.8. The minimum absolute atomic E-state index is 0.0204. The average Bonchev–Trinajstić information content (AvgIpc) is 2.85. The number of nitrogens with one attached hydrogen (secondary N) is 1. The molecule has 34 heavy (non-hydrogen) atoms. The van der Waals surface area contributed by atoms with E-state index in [9.17, 15) is 17.6 Å². The molecule has 184 valence electrons. The van der Waals surface area contributed by atoms with Crippen LogP contribution in [0.1, 0.15) is 48.8 Å². The molecule has 0 spiro atoms. The van der Waals surface area contributed by atoms with Crippen molar-refractivity contribution in [2.45, 2.75) is 50.9 Å². The highest BCUT2D eigenvalue weighted by atomic mass is 32.2. The van der Waals surface area contributed by atoms with E-state index in [4.69, 9.17) is 0 Å². The summed E-state index contributed by atoms with van der Waals surface area (Å²) in [6.45, 7) is 4.45. The van der Waals surface area contributed by atoms with Gasteiger partial charge in [0, 0.05) is 32.1 Å². The van der Waals surface area contributed by atoms with Crippen LogP contribution in [-0.4, -0.2) is 49.7 Å². The van der Waals surface area contributed by atoms with Gasteiger partial charge in [0.2, 0.25) is 15.9 Å². The van der Waals surface area contributed by atoms with E-state index in [1.54, 1.807) is 0 Å². The van der Waals surface area contributed by atoms with E-state index in [2.05, 4.69) is 34.5 Å². The van der Waals surface area contributed by atoms with Crippen LogP contribution in [0.2, 0.25) is 0 Å². The zero-order valence-corrected chi connectivity index (χ0v) is 20.4. The summed E-state index contributed by atoms with van der Waals surface area (Å²) in [4.78, 5) is 15.2. The number of likely N-dealkylation sites (tertiary alicyclic amines) is 1. The lowest BCUT2D eigenvalue weighted by Crippen LogP contribution is -2.43. The molecule has 0 aromatic heterocycles. The van der Waals surface area contributed by atoms with Crippen molar-refractivity contribution < 1.29 is 17.6 Å². The fourth-order valence-corrected chi connectivity index (χ4v) is 6.31. The minimum Gasteiger partial charge on any atom is -0.352 e. The van der Waals surface area contributed by atoms with Crippen LogP contribution < -0.4 is 5.32 Å². The molecule has 0 radical (unpaired) electrons. The smallest absolute Gasteiger partial charge is 0.223 e. The summed E-state index contributed by atoms with van der Waals surface area (Å²) in [5.41, 5.74) is 2.92. The number of hydrogen-bond acceptors (Lipinski definition) is 4. The summed E-state index contributed by atoms with van der Waals surface area (Å²) in [7, 11) is -3.49. The number of amides is 1. The summed E-state index contributed by atoms with van der Waals surface area (Å²) >= 11 is 0. The van der Waals surface area contributed by atoms with E-state index < -0.39 is 10.0 Å². The van der Waals surface area contributed by atoms with E-state index in [-0.39, 0.29) is 23.4 Å². The van der Waals surface area contributed by atoms with Gasteiger partial charge in [0.1, 0.15) is 5.82 Å². The molecule has 4 rings (SSSR count). The second-order valence-corrected chi connectivity index (χ2v) is 11.4. The maximum Gasteiger partial charge on any atom is 0.223 e. The number of nitrogens with zero attached hydrogens (tertiary/aromatic N) is 2. The first-order chi connectivity index (χ1) is 16.4. The van der Waals surface area contributed by atoms with Crippen molar-refractivity contribution in [1.82, 2.24) is 14.5 Å². The molecular formula is C26H34FN3O3S. The molecule has 6 nitrogen and oxygen atoms in total. The van der Waals surface area contributed by atoms with Crippen molar-refractivity contribution in [3.05, 3.63) is 71.0 Å². The Kier molecular flexibility index (Phi) is 8.34. The van der Waals surface area contributed by atoms with Crippen LogP contribution in [0.4, 0.5) is 4.39 Å². The Morgan fingerprint density at radius 1 is 0.853 bits per heavy atom. The Bertz CT molecular complexity index is 1040. The van der Waals surface area contributed by atoms with Gasteiger partial charge in [-0.1, -0.05) is 42.8 Å². The molecule has 0 aliphatic carbocycles. The van der Waals surface area contributed by atoms with Crippen molar-refractivity contribution >= 4 is 15.9 Å². The Morgan fingerprint density at radius 2 is 1.44 bits per heavy atom. The number of benzene rings is 2. The minimum atomic E-state index is -3.49. The molecule has 1 N–H and O–H groups in total. The monoisotopic (exact) mass is 487 g/mol. The Balaban J connectivity index is 1.21. The van der Waals surface area contributed by atoms with Crippen molar-refractivity contribution in [3.8, 4) is 0 Å². The van der Waals surface area contributed by atoms with Gasteiger partial charge in [0.15, 0.2) is 0 Å². The lowest BCUT2D eigenvalue weighted by molar-refractivity contribution is -0.126. The maximum absolute atomic E-state index is 13.1. The van der Waals surface area contributed by atoms with Crippen LogP contribution in [0.3, 0.4) is 0 Å². The van der Waals surface area contributed by atoms with E-state index in [0.717, 1.165) is 12.1 Å². The number of rotatable bonds is 8. The summed E-state index contributed by atoms with van der Waals surface area (Å²) < 4.78 is 39.9. The van der Waals surface area contributed by atoms with E-state index in [1.807, 2.05) is 0 Å². The van der Waals surface area contributed by atoms with Gasteiger partial charge in [-0.25, -0.2) is 17.1 Å². The second-order valence-electron chi connectivity index (χ2n) is 9.43. The second kappa shape index (κ2) is 11.4. The van der Waals surface area contributed by atoms with Gasteiger partial charge in [0.25, 0.3) is 0 Å². The van der Waals surface area contributed by atoms with Crippen LogP contribution in [-0.2, 0) is 33.7 Å². The number of hydrogen-bond donors (Lipinski definition) is 1. The third-order valence-corrected chi connectivity index (χ3v) is 8.68. The lowest BCUT2D eigenvalue weighted by atomic mass is 9.97. The number of halogens is 1. The van der Waals surface area contributed by atoms with Crippen molar-refractivity contribution in [2.75, 3.05) is 26.2 Å². The van der Waals surface area contributed by atoms with Crippen LogP contribution in [0.25, 0.3) is 0 Å². The van der Waals surface area contributed by atoms with Crippen LogP contribution >= 0.6 is 0 Å². The van der Waals surface area contributed by atoms with E-state index >= 15 is 0 Å². The molecule has 1 amide bonds. The van der Waals surface area contributed by atoms with Gasteiger partial charge in [0.05, 0.1) is 5.75 Å². The largest absolute Gasteiger partial charge is 0.352 e. The topological polar surface area (TPSA) is 69.7 Å². The molecule has 8 heteroatoms. The SMILES string of the molecule is O=C(NCc1ccc(CN2CCCCC2)cc1)C1CCN(S(=O)(=O)Cc2ccc(F)cc2)CC1. The molecule has 2 saturated heterocycles. The predicted molar refractivity (Wildman–Crippen MR) is 131 cm³/mol. The highest BCUT2D eigenvalue weighted by Gasteiger charge is 2.31. The number of piperidine rings is 2. The van der Waals surface area contributed by atoms with Gasteiger partial charge in [-0.3, -0.25) is 9.69 Å². The molecule has 0 saturated carbocycles. The molecule has 0 atom stereocenters. The molecule has 2 aromatic carbocycles. The summed E-state index contributed by atoms with van der Waals surface area (Å²) in [5.74, 6) is -0.747. The molecule has 2 fully saturated rings. The maximum atomic E-state index is 13.1. The van der Waals surface area contributed by atoms with Gasteiger partial charge in [-0.15, -0.1) is 0 Å². The van der Waals surface area contributed by atoms with Gasteiger partial charge in [-0.2, -0.15) is 0 Å². The third-order valence-electron chi connectivity index (χ3n) is 6.83. The Morgan fingerprint density at radius 3 is 2.09 bits per heavy atom. The molecule has 2 aromatic rings. The Labute approximate surface area is 202 Å². The Hall–Kier alpha value is -2.29. The number of carbonyl (C=O) groups excluding carboxylic acids is 1. The van der Waals surface area contributed by atoms with Crippen molar-refractivity contribution in [2.24, 2.45) is 5.92 Å². The summed E-state index contributed by atoms with van der Waals surface area (Å²) in [5, 5.41) is 3.02. The predicted octanol–water partition coefficient (Wildman–Crippen LogP) is 3.67. The molecular weight excluding hydrogens is 453 g/mol. The third kappa shape index (κ3) is 6.87. The fraction of sp³-hybridized carbons (Fsp3) is 0.500. The first-order valence-electron chi connectivity index (χ1n) is 12.2. The quantitative estimate of drug-likeness (QED) is 0.617. The van der Waals surface area contributed by atoms with Crippen molar-refractivity contribution in [1.29, 1.82) is 0 Å². The number of carbonyl (C=O) groups is 1. The van der Waals surface area contributed by atoms with Gasteiger partial charge < -0.3 is 5.32 Å². The van der Waals surface area contributed by atoms with E-state index in [1.165, 1.54) is 66.5 Å².